The Hall–Kier alpha value is -2.36. The van der Waals surface area contributed by atoms with Crippen molar-refractivity contribution in [2.75, 3.05) is 6.61 Å². The van der Waals surface area contributed by atoms with Gasteiger partial charge in [-0.1, -0.05) is 12.1 Å². The number of hydrogen-bond acceptors (Lipinski definition) is 3. The molecule has 1 heterocycles. The van der Waals surface area contributed by atoms with Gasteiger partial charge in [0.25, 0.3) is 5.91 Å². The molecule has 1 aromatic carbocycles. The zero-order valence-corrected chi connectivity index (χ0v) is 13.7. The molecule has 0 saturated heterocycles. The Morgan fingerprint density at radius 2 is 2.09 bits per heavy atom. The maximum atomic E-state index is 12.5. The minimum Gasteiger partial charge on any atom is -0.484 e. The minimum atomic E-state index is 0.0366. The SMILES string of the molecule is Cc1ccc(OCC(=O)N(Cc2cccnc2)C2CC2)cc1C. The Kier molecular flexibility index (Phi) is 4.60. The quantitative estimate of drug-likeness (QED) is 0.822. The molecule has 0 spiro atoms. The van der Waals surface area contributed by atoms with Crippen molar-refractivity contribution >= 4 is 5.91 Å². The van der Waals surface area contributed by atoms with E-state index in [1.807, 2.05) is 48.4 Å². The van der Waals surface area contributed by atoms with Crippen LogP contribution in [-0.2, 0) is 11.3 Å². The standard InChI is InChI=1S/C19H22N2O2/c1-14-5-8-18(10-15(14)2)23-13-19(22)21(17-6-7-17)12-16-4-3-9-20-11-16/h3-5,8-11,17H,6-7,12-13H2,1-2H3. The van der Waals surface area contributed by atoms with Crippen molar-refractivity contribution in [2.24, 2.45) is 0 Å². The first-order valence-corrected chi connectivity index (χ1v) is 8.02. The second-order valence-electron chi connectivity index (χ2n) is 6.15. The Bertz CT molecular complexity index is 681. The molecule has 0 radical (unpaired) electrons. The van der Waals surface area contributed by atoms with E-state index in [0.717, 1.165) is 24.2 Å². The van der Waals surface area contributed by atoms with E-state index >= 15 is 0 Å². The summed E-state index contributed by atoms with van der Waals surface area (Å²) in [7, 11) is 0. The summed E-state index contributed by atoms with van der Waals surface area (Å²) >= 11 is 0. The second-order valence-corrected chi connectivity index (χ2v) is 6.15. The van der Waals surface area contributed by atoms with E-state index in [1.165, 1.54) is 11.1 Å². The van der Waals surface area contributed by atoms with Crippen LogP contribution in [-0.4, -0.2) is 28.4 Å². The fourth-order valence-electron chi connectivity index (χ4n) is 2.53. The first kappa shape index (κ1) is 15.5. The van der Waals surface area contributed by atoms with Gasteiger partial charge in [-0.25, -0.2) is 0 Å². The Morgan fingerprint density at radius 1 is 1.26 bits per heavy atom. The van der Waals surface area contributed by atoms with E-state index in [4.69, 9.17) is 4.74 Å². The fourth-order valence-corrected chi connectivity index (χ4v) is 2.53. The van der Waals surface area contributed by atoms with Crippen LogP contribution in [0.2, 0.25) is 0 Å². The number of ether oxygens (including phenoxy) is 1. The zero-order chi connectivity index (χ0) is 16.2. The fraction of sp³-hybridized carbons (Fsp3) is 0.368. The van der Waals surface area contributed by atoms with E-state index < -0.39 is 0 Å². The van der Waals surface area contributed by atoms with Gasteiger partial charge in [-0.15, -0.1) is 0 Å². The van der Waals surface area contributed by atoms with Crippen LogP contribution in [0.4, 0.5) is 0 Å². The maximum Gasteiger partial charge on any atom is 0.261 e. The third-order valence-corrected chi connectivity index (χ3v) is 4.22. The molecule has 3 rings (SSSR count). The van der Waals surface area contributed by atoms with E-state index in [0.29, 0.717) is 12.6 Å². The van der Waals surface area contributed by atoms with Crippen LogP contribution in [0.5, 0.6) is 5.75 Å². The maximum absolute atomic E-state index is 12.5. The van der Waals surface area contributed by atoms with Gasteiger partial charge >= 0.3 is 0 Å². The number of rotatable bonds is 6. The molecule has 0 bridgehead atoms. The molecule has 1 saturated carbocycles. The summed E-state index contributed by atoms with van der Waals surface area (Å²) in [6.45, 7) is 4.79. The predicted octanol–water partition coefficient (Wildman–Crippen LogP) is 3.27. The third-order valence-electron chi connectivity index (χ3n) is 4.22. The Morgan fingerprint density at radius 3 is 2.74 bits per heavy atom. The normalized spacial score (nSPS) is 13.7. The summed E-state index contributed by atoms with van der Waals surface area (Å²) < 4.78 is 5.69. The van der Waals surface area contributed by atoms with Crippen LogP contribution in [0, 0.1) is 13.8 Å². The summed E-state index contributed by atoms with van der Waals surface area (Å²) in [5.74, 6) is 0.785. The van der Waals surface area contributed by atoms with Gasteiger partial charge in [0.15, 0.2) is 6.61 Å². The number of carbonyl (C=O) groups excluding carboxylic acids is 1. The number of benzene rings is 1. The van der Waals surface area contributed by atoms with E-state index in [-0.39, 0.29) is 12.5 Å². The Balaban J connectivity index is 1.61. The number of hydrogen-bond donors (Lipinski definition) is 0. The average Bonchev–Trinajstić information content (AvgIpc) is 3.39. The number of aryl methyl sites for hydroxylation is 2. The van der Waals surface area contributed by atoms with Crippen molar-refractivity contribution in [2.45, 2.75) is 39.3 Å². The highest BCUT2D eigenvalue weighted by atomic mass is 16.5. The molecule has 0 atom stereocenters. The first-order valence-electron chi connectivity index (χ1n) is 8.02. The van der Waals surface area contributed by atoms with Crippen LogP contribution in [0.3, 0.4) is 0 Å². The molecular formula is C19H22N2O2. The van der Waals surface area contributed by atoms with Crippen LogP contribution in [0.25, 0.3) is 0 Å². The summed E-state index contributed by atoms with van der Waals surface area (Å²) in [5, 5.41) is 0. The monoisotopic (exact) mass is 310 g/mol. The highest BCUT2D eigenvalue weighted by molar-refractivity contribution is 5.78. The molecule has 1 fully saturated rings. The van der Waals surface area contributed by atoms with E-state index in [9.17, 15) is 4.79 Å². The van der Waals surface area contributed by atoms with Gasteiger partial charge in [0.2, 0.25) is 0 Å². The van der Waals surface area contributed by atoms with Gasteiger partial charge in [-0.2, -0.15) is 0 Å². The highest BCUT2D eigenvalue weighted by Gasteiger charge is 2.32. The molecule has 1 aromatic heterocycles. The van der Waals surface area contributed by atoms with E-state index in [2.05, 4.69) is 11.9 Å². The van der Waals surface area contributed by atoms with Gasteiger partial charge in [-0.3, -0.25) is 9.78 Å². The molecule has 1 aliphatic carbocycles. The molecule has 4 nitrogen and oxygen atoms in total. The van der Waals surface area contributed by atoms with Crippen LogP contribution >= 0.6 is 0 Å². The van der Waals surface area contributed by atoms with Gasteiger partial charge in [0, 0.05) is 25.0 Å². The van der Waals surface area contributed by atoms with Crippen LogP contribution in [0.1, 0.15) is 29.5 Å². The van der Waals surface area contributed by atoms with Gasteiger partial charge < -0.3 is 9.64 Å². The summed E-state index contributed by atoms with van der Waals surface area (Å²) in [4.78, 5) is 18.6. The number of aromatic nitrogens is 1. The summed E-state index contributed by atoms with van der Waals surface area (Å²) in [6.07, 6.45) is 5.72. The predicted molar refractivity (Wildman–Crippen MR) is 89.2 cm³/mol. The van der Waals surface area contributed by atoms with E-state index in [1.54, 1.807) is 6.20 Å². The van der Waals surface area contributed by atoms with Crippen molar-refractivity contribution in [3.63, 3.8) is 0 Å². The van der Waals surface area contributed by atoms with Gasteiger partial charge in [-0.05, 0) is 61.6 Å². The lowest BCUT2D eigenvalue weighted by molar-refractivity contribution is -0.134. The Labute approximate surface area is 137 Å². The second kappa shape index (κ2) is 6.82. The topological polar surface area (TPSA) is 42.4 Å². The van der Waals surface area contributed by atoms with Crippen molar-refractivity contribution in [1.82, 2.24) is 9.88 Å². The molecule has 1 amide bonds. The highest BCUT2D eigenvalue weighted by Crippen LogP contribution is 2.28. The largest absolute Gasteiger partial charge is 0.484 e. The number of pyridine rings is 1. The lowest BCUT2D eigenvalue weighted by Gasteiger charge is -2.22. The molecule has 0 unspecified atom stereocenters. The van der Waals surface area contributed by atoms with Crippen LogP contribution < -0.4 is 4.74 Å². The number of nitrogens with zero attached hydrogens (tertiary/aromatic N) is 2. The third kappa shape index (κ3) is 4.09. The molecule has 1 aliphatic rings. The van der Waals surface area contributed by atoms with Crippen molar-refractivity contribution in [3.8, 4) is 5.75 Å². The van der Waals surface area contributed by atoms with Crippen molar-refractivity contribution in [1.29, 1.82) is 0 Å². The molecule has 0 aliphatic heterocycles. The molecule has 4 heteroatoms. The van der Waals surface area contributed by atoms with Gasteiger partial charge in [0.1, 0.15) is 5.75 Å². The number of amides is 1. The molecular weight excluding hydrogens is 288 g/mol. The summed E-state index contributed by atoms with van der Waals surface area (Å²) in [5.41, 5.74) is 3.45. The van der Waals surface area contributed by atoms with Crippen LogP contribution in [0.15, 0.2) is 42.7 Å². The lowest BCUT2D eigenvalue weighted by Crippen LogP contribution is -2.36. The molecule has 0 N–H and O–H groups in total. The first-order chi connectivity index (χ1) is 11.1. The van der Waals surface area contributed by atoms with Gasteiger partial charge in [0.05, 0.1) is 0 Å². The minimum absolute atomic E-state index is 0.0366. The number of carbonyl (C=O) groups is 1. The lowest BCUT2D eigenvalue weighted by atomic mass is 10.1. The average molecular weight is 310 g/mol. The summed E-state index contributed by atoms with van der Waals surface area (Å²) in [6, 6.07) is 10.2. The molecule has 23 heavy (non-hydrogen) atoms. The smallest absolute Gasteiger partial charge is 0.261 e. The molecule has 2 aromatic rings. The van der Waals surface area contributed by atoms with Crippen molar-refractivity contribution in [3.05, 3.63) is 59.4 Å². The van der Waals surface area contributed by atoms with Crippen molar-refractivity contribution < 1.29 is 9.53 Å². The zero-order valence-electron chi connectivity index (χ0n) is 13.7. The molecule has 120 valence electrons.